The Morgan fingerprint density at radius 3 is 2.65 bits per heavy atom. The van der Waals surface area contributed by atoms with E-state index in [2.05, 4.69) is 55.3 Å². The third-order valence-corrected chi connectivity index (χ3v) is 3.09. The summed E-state index contributed by atoms with van der Waals surface area (Å²) in [6, 6.07) is 10.9. The van der Waals surface area contributed by atoms with Gasteiger partial charge in [-0.1, -0.05) is 45.0 Å². The predicted molar refractivity (Wildman–Crippen MR) is 73.0 cm³/mol. The second-order valence-electron chi connectivity index (χ2n) is 4.70. The SMILES string of the molecule is CCNC(c1cccc2cccnc12)C(C)C. The van der Waals surface area contributed by atoms with E-state index < -0.39 is 0 Å². The van der Waals surface area contributed by atoms with Crippen LogP contribution in [0.5, 0.6) is 0 Å². The number of rotatable bonds is 4. The van der Waals surface area contributed by atoms with Gasteiger partial charge < -0.3 is 5.32 Å². The zero-order valence-electron chi connectivity index (χ0n) is 10.8. The summed E-state index contributed by atoms with van der Waals surface area (Å²) in [6.07, 6.45) is 1.87. The van der Waals surface area contributed by atoms with Crippen molar-refractivity contribution in [2.24, 2.45) is 5.92 Å². The van der Waals surface area contributed by atoms with Gasteiger partial charge in [-0.25, -0.2) is 0 Å². The zero-order valence-corrected chi connectivity index (χ0v) is 10.8. The Morgan fingerprint density at radius 2 is 1.94 bits per heavy atom. The summed E-state index contributed by atoms with van der Waals surface area (Å²) < 4.78 is 0. The van der Waals surface area contributed by atoms with Crippen LogP contribution in [0.4, 0.5) is 0 Å². The van der Waals surface area contributed by atoms with E-state index in [9.17, 15) is 0 Å². The van der Waals surface area contributed by atoms with Gasteiger partial charge in [-0.15, -0.1) is 0 Å². The van der Waals surface area contributed by atoms with Crippen molar-refractivity contribution in [3.05, 3.63) is 42.1 Å². The van der Waals surface area contributed by atoms with Crippen LogP contribution in [-0.4, -0.2) is 11.5 Å². The molecule has 0 aliphatic heterocycles. The second-order valence-corrected chi connectivity index (χ2v) is 4.70. The second kappa shape index (κ2) is 5.28. The van der Waals surface area contributed by atoms with Gasteiger partial charge in [-0.3, -0.25) is 4.98 Å². The Balaban J connectivity index is 2.52. The van der Waals surface area contributed by atoms with Crippen LogP contribution >= 0.6 is 0 Å². The molecular formula is C15H20N2. The normalized spacial score (nSPS) is 13.2. The maximum Gasteiger partial charge on any atom is 0.0749 e. The third kappa shape index (κ3) is 2.47. The van der Waals surface area contributed by atoms with E-state index >= 15 is 0 Å². The maximum atomic E-state index is 4.53. The Morgan fingerprint density at radius 1 is 1.18 bits per heavy atom. The summed E-state index contributed by atoms with van der Waals surface area (Å²) in [4.78, 5) is 4.53. The highest BCUT2D eigenvalue weighted by atomic mass is 14.9. The van der Waals surface area contributed by atoms with E-state index in [1.165, 1.54) is 10.9 Å². The number of pyridine rings is 1. The minimum Gasteiger partial charge on any atom is -0.310 e. The number of aromatic nitrogens is 1. The van der Waals surface area contributed by atoms with Gasteiger partial charge in [0.15, 0.2) is 0 Å². The molecule has 0 saturated heterocycles. The van der Waals surface area contributed by atoms with E-state index in [0.717, 1.165) is 12.1 Å². The average Bonchev–Trinajstić information content (AvgIpc) is 2.35. The summed E-state index contributed by atoms with van der Waals surface area (Å²) in [5.74, 6) is 0.558. The average molecular weight is 228 g/mol. The summed E-state index contributed by atoms with van der Waals surface area (Å²) >= 11 is 0. The minimum atomic E-state index is 0.374. The highest BCUT2D eigenvalue weighted by molar-refractivity contribution is 5.82. The van der Waals surface area contributed by atoms with Crippen molar-refractivity contribution < 1.29 is 0 Å². The van der Waals surface area contributed by atoms with Gasteiger partial charge >= 0.3 is 0 Å². The lowest BCUT2D eigenvalue weighted by atomic mass is 9.94. The summed E-state index contributed by atoms with van der Waals surface area (Å²) in [5, 5.41) is 4.77. The van der Waals surface area contributed by atoms with E-state index in [1.54, 1.807) is 0 Å². The molecule has 0 amide bonds. The summed E-state index contributed by atoms with van der Waals surface area (Å²) in [5.41, 5.74) is 2.43. The predicted octanol–water partition coefficient (Wildman–Crippen LogP) is 3.54. The monoisotopic (exact) mass is 228 g/mol. The molecule has 1 aromatic heterocycles. The molecule has 0 spiro atoms. The van der Waals surface area contributed by atoms with Crippen LogP contribution in [0.3, 0.4) is 0 Å². The van der Waals surface area contributed by atoms with Gasteiger partial charge in [0.25, 0.3) is 0 Å². The summed E-state index contributed by atoms with van der Waals surface area (Å²) in [6.45, 7) is 7.62. The molecule has 1 heterocycles. The van der Waals surface area contributed by atoms with Crippen molar-refractivity contribution in [3.63, 3.8) is 0 Å². The van der Waals surface area contributed by atoms with Crippen molar-refractivity contribution in [1.82, 2.24) is 10.3 Å². The number of hydrogen-bond donors (Lipinski definition) is 1. The van der Waals surface area contributed by atoms with Crippen LogP contribution < -0.4 is 5.32 Å². The first-order valence-electron chi connectivity index (χ1n) is 6.31. The first kappa shape index (κ1) is 12.1. The number of nitrogens with one attached hydrogen (secondary N) is 1. The van der Waals surface area contributed by atoms with Crippen LogP contribution in [0.15, 0.2) is 36.5 Å². The van der Waals surface area contributed by atoms with E-state index in [4.69, 9.17) is 0 Å². The molecule has 2 aromatic rings. The van der Waals surface area contributed by atoms with Gasteiger partial charge in [0, 0.05) is 17.6 Å². The third-order valence-electron chi connectivity index (χ3n) is 3.09. The largest absolute Gasteiger partial charge is 0.310 e. The minimum absolute atomic E-state index is 0.374. The van der Waals surface area contributed by atoms with Crippen LogP contribution in [0.2, 0.25) is 0 Å². The number of benzene rings is 1. The fourth-order valence-electron chi connectivity index (χ4n) is 2.30. The number of nitrogens with zero attached hydrogens (tertiary/aromatic N) is 1. The van der Waals surface area contributed by atoms with Crippen LogP contribution in [0, 0.1) is 5.92 Å². The van der Waals surface area contributed by atoms with Gasteiger partial charge in [0.2, 0.25) is 0 Å². The Bertz CT molecular complexity index is 486. The fraction of sp³-hybridized carbons (Fsp3) is 0.400. The highest BCUT2D eigenvalue weighted by Crippen LogP contribution is 2.27. The molecule has 0 aliphatic carbocycles. The molecule has 0 saturated carbocycles. The van der Waals surface area contributed by atoms with E-state index in [1.807, 2.05) is 12.3 Å². The van der Waals surface area contributed by atoms with Gasteiger partial charge in [-0.05, 0) is 24.1 Å². The Labute approximate surface area is 103 Å². The molecule has 1 aromatic carbocycles. The van der Waals surface area contributed by atoms with Crippen LogP contribution in [-0.2, 0) is 0 Å². The zero-order chi connectivity index (χ0) is 12.3. The molecule has 0 radical (unpaired) electrons. The van der Waals surface area contributed by atoms with Gasteiger partial charge in [-0.2, -0.15) is 0 Å². The van der Waals surface area contributed by atoms with Gasteiger partial charge in [0.1, 0.15) is 0 Å². The fourth-order valence-corrected chi connectivity index (χ4v) is 2.30. The number of fused-ring (bicyclic) bond motifs is 1. The first-order valence-corrected chi connectivity index (χ1v) is 6.31. The standard InChI is InChI=1S/C15H20N2/c1-4-16-14(11(2)3)13-9-5-7-12-8-6-10-17-15(12)13/h5-11,14,16H,4H2,1-3H3. The van der Waals surface area contributed by atoms with Crippen LogP contribution in [0.1, 0.15) is 32.4 Å². The lowest BCUT2D eigenvalue weighted by Crippen LogP contribution is -2.25. The first-order chi connectivity index (χ1) is 8.24. The smallest absolute Gasteiger partial charge is 0.0749 e. The molecule has 2 heteroatoms. The molecule has 1 atom stereocenters. The van der Waals surface area contributed by atoms with E-state index in [0.29, 0.717) is 12.0 Å². The van der Waals surface area contributed by atoms with Crippen molar-refractivity contribution in [2.45, 2.75) is 26.8 Å². The molecule has 17 heavy (non-hydrogen) atoms. The molecule has 2 nitrogen and oxygen atoms in total. The topological polar surface area (TPSA) is 24.9 Å². The maximum absolute atomic E-state index is 4.53. The van der Waals surface area contributed by atoms with Crippen LogP contribution in [0.25, 0.3) is 10.9 Å². The number of hydrogen-bond acceptors (Lipinski definition) is 2. The van der Waals surface area contributed by atoms with Crippen molar-refractivity contribution in [1.29, 1.82) is 0 Å². The number of para-hydroxylation sites is 1. The highest BCUT2D eigenvalue weighted by Gasteiger charge is 2.17. The molecule has 1 N–H and O–H groups in total. The van der Waals surface area contributed by atoms with Crippen molar-refractivity contribution >= 4 is 10.9 Å². The van der Waals surface area contributed by atoms with Crippen molar-refractivity contribution in [3.8, 4) is 0 Å². The summed E-state index contributed by atoms with van der Waals surface area (Å²) in [7, 11) is 0. The van der Waals surface area contributed by atoms with Crippen molar-refractivity contribution in [2.75, 3.05) is 6.54 Å². The Hall–Kier alpha value is -1.41. The lowest BCUT2D eigenvalue weighted by molar-refractivity contribution is 0.424. The van der Waals surface area contributed by atoms with E-state index in [-0.39, 0.29) is 0 Å². The molecule has 0 aliphatic rings. The molecule has 2 rings (SSSR count). The quantitative estimate of drug-likeness (QED) is 0.865. The lowest BCUT2D eigenvalue weighted by Gasteiger charge is -2.23. The molecule has 0 bridgehead atoms. The molecule has 1 unspecified atom stereocenters. The molecule has 0 fully saturated rings. The Kier molecular flexibility index (Phi) is 3.75. The molecule has 90 valence electrons. The molecular weight excluding hydrogens is 208 g/mol. The van der Waals surface area contributed by atoms with Gasteiger partial charge in [0.05, 0.1) is 5.52 Å².